The van der Waals surface area contributed by atoms with Crippen LogP contribution in [-0.4, -0.2) is 13.1 Å². The minimum Gasteiger partial charge on any atom is -0.495 e. The van der Waals surface area contributed by atoms with Crippen LogP contribution in [0.5, 0.6) is 5.75 Å². The minimum atomic E-state index is -0.415. The molecule has 2 aromatic rings. The summed E-state index contributed by atoms with van der Waals surface area (Å²) in [5.74, 6) is 0.122. The van der Waals surface area contributed by atoms with Crippen molar-refractivity contribution in [2.75, 3.05) is 12.8 Å². The Bertz CT molecular complexity index is 611. The number of nitrogens with two attached hydrogens (primary N) is 1. The molecule has 0 aliphatic heterocycles. The zero-order chi connectivity index (χ0) is 14.5. The number of benzene rings is 2. The molecule has 0 spiro atoms. The molecule has 0 aliphatic rings. The van der Waals surface area contributed by atoms with E-state index in [4.69, 9.17) is 15.2 Å². The average Bonchev–Trinajstić information content (AvgIpc) is 2.46. The van der Waals surface area contributed by atoms with Gasteiger partial charge in [0.2, 0.25) is 0 Å². The third-order valence-corrected chi connectivity index (χ3v) is 3.28. The number of methoxy groups -OCH3 is 1. The number of hydrogen-bond donors (Lipinski definition) is 1. The molecule has 0 heterocycles. The lowest BCUT2D eigenvalue weighted by Gasteiger charge is -2.08. The molecular formula is C15H14BrNO3. The maximum atomic E-state index is 11.9. The molecule has 0 saturated carbocycles. The van der Waals surface area contributed by atoms with Crippen molar-refractivity contribution >= 4 is 27.6 Å². The van der Waals surface area contributed by atoms with E-state index < -0.39 is 5.97 Å². The maximum absolute atomic E-state index is 11.9. The summed E-state index contributed by atoms with van der Waals surface area (Å²) in [6.45, 7) is 0.220. The van der Waals surface area contributed by atoms with Crippen molar-refractivity contribution in [1.29, 1.82) is 0 Å². The van der Waals surface area contributed by atoms with E-state index in [1.807, 2.05) is 24.3 Å². The Kier molecular flexibility index (Phi) is 4.63. The van der Waals surface area contributed by atoms with Gasteiger partial charge in [0.25, 0.3) is 0 Å². The van der Waals surface area contributed by atoms with Crippen LogP contribution in [0.4, 0.5) is 5.69 Å². The zero-order valence-electron chi connectivity index (χ0n) is 10.9. The van der Waals surface area contributed by atoms with Crippen LogP contribution in [0.25, 0.3) is 0 Å². The van der Waals surface area contributed by atoms with Gasteiger partial charge in [-0.3, -0.25) is 0 Å². The fraction of sp³-hybridized carbons (Fsp3) is 0.133. The lowest BCUT2D eigenvalue weighted by Crippen LogP contribution is -2.06. The summed E-state index contributed by atoms with van der Waals surface area (Å²) >= 11 is 3.35. The Morgan fingerprint density at radius 3 is 2.50 bits per heavy atom. The van der Waals surface area contributed by atoms with Gasteiger partial charge >= 0.3 is 5.97 Å². The fourth-order valence-electron chi connectivity index (χ4n) is 1.67. The van der Waals surface area contributed by atoms with Crippen LogP contribution in [0.1, 0.15) is 15.9 Å². The lowest BCUT2D eigenvalue weighted by atomic mass is 10.2. The number of carbonyl (C=O) groups is 1. The maximum Gasteiger partial charge on any atom is 0.338 e. The zero-order valence-corrected chi connectivity index (χ0v) is 12.5. The summed E-state index contributed by atoms with van der Waals surface area (Å²) in [7, 11) is 1.53. The normalized spacial score (nSPS) is 10.1. The Hall–Kier alpha value is -2.01. The number of ether oxygens (including phenoxy) is 2. The molecule has 0 unspecified atom stereocenters. The van der Waals surface area contributed by atoms with Gasteiger partial charge in [-0.25, -0.2) is 4.79 Å². The molecule has 0 amide bonds. The highest BCUT2D eigenvalue weighted by Crippen LogP contribution is 2.22. The van der Waals surface area contributed by atoms with Gasteiger partial charge in [-0.1, -0.05) is 28.1 Å². The molecule has 0 aliphatic carbocycles. The first-order valence-corrected chi connectivity index (χ1v) is 6.74. The number of carbonyl (C=O) groups excluding carboxylic acids is 1. The lowest BCUT2D eigenvalue weighted by molar-refractivity contribution is 0.0473. The molecule has 4 nitrogen and oxygen atoms in total. The molecule has 0 radical (unpaired) electrons. The van der Waals surface area contributed by atoms with Crippen LogP contribution in [0.15, 0.2) is 46.9 Å². The SMILES string of the molecule is COc1ccc(C(=O)OCc2ccc(Br)cc2)cc1N. The second-order valence-corrected chi connectivity index (χ2v) is 5.08. The molecule has 0 aromatic heterocycles. The van der Waals surface area contributed by atoms with Crippen molar-refractivity contribution in [3.8, 4) is 5.75 Å². The van der Waals surface area contributed by atoms with Gasteiger partial charge in [0.1, 0.15) is 12.4 Å². The predicted octanol–water partition coefficient (Wildman–Crippen LogP) is 3.40. The number of nitrogen functional groups attached to an aromatic ring is 1. The van der Waals surface area contributed by atoms with Gasteiger partial charge in [0.05, 0.1) is 18.4 Å². The molecular weight excluding hydrogens is 322 g/mol. The first-order valence-electron chi connectivity index (χ1n) is 5.95. The summed E-state index contributed by atoms with van der Waals surface area (Å²) in [6.07, 6.45) is 0. The van der Waals surface area contributed by atoms with E-state index in [9.17, 15) is 4.79 Å². The Morgan fingerprint density at radius 1 is 1.20 bits per heavy atom. The minimum absolute atomic E-state index is 0.220. The molecule has 0 atom stereocenters. The van der Waals surface area contributed by atoms with E-state index in [1.54, 1.807) is 18.2 Å². The smallest absolute Gasteiger partial charge is 0.338 e. The number of halogens is 1. The Morgan fingerprint density at radius 2 is 1.90 bits per heavy atom. The summed E-state index contributed by atoms with van der Waals surface area (Å²) in [5, 5.41) is 0. The van der Waals surface area contributed by atoms with Crippen molar-refractivity contribution in [2.45, 2.75) is 6.61 Å². The second-order valence-electron chi connectivity index (χ2n) is 4.16. The van der Waals surface area contributed by atoms with Crippen LogP contribution < -0.4 is 10.5 Å². The molecule has 20 heavy (non-hydrogen) atoms. The summed E-state index contributed by atoms with van der Waals surface area (Å²) < 4.78 is 11.3. The standard InChI is InChI=1S/C15H14BrNO3/c1-19-14-7-4-11(8-13(14)17)15(18)20-9-10-2-5-12(16)6-3-10/h2-8H,9,17H2,1H3. The first-order chi connectivity index (χ1) is 9.60. The largest absolute Gasteiger partial charge is 0.495 e. The van der Waals surface area contributed by atoms with Crippen molar-refractivity contribution in [3.63, 3.8) is 0 Å². The number of esters is 1. The second kappa shape index (κ2) is 6.43. The molecule has 0 saturated heterocycles. The molecule has 2 rings (SSSR count). The van der Waals surface area contributed by atoms with Crippen molar-refractivity contribution < 1.29 is 14.3 Å². The molecule has 2 aromatic carbocycles. The third-order valence-electron chi connectivity index (χ3n) is 2.75. The van der Waals surface area contributed by atoms with E-state index in [0.29, 0.717) is 17.0 Å². The number of hydrogen-bond acceptors (Lipinski definition) is 4. The van der Waals surface area contributed by atoms with E-state index in [-0.39, 0.29) is 6.61 Å². The van der Waals surface area contributed by atoms with Crippen LogP contribution in [0.2, 0.25) is 0 Å². The fourth-order valence-corrected chi connectivity index (χ4v) is 1.94. The van der Waals surface area contributed by atoms with Gasteiger partial charge in [-0.05, 0) is 35.9 Å². The van der Waals surface area contributed by atoms with Crippen LogP contribution >= 0.6 is 15.9 Å². The summed E-state index contributed by atoms with van der Waals surface area (Å²) in [5.41, 5.74) is 7.49. The summed E-state index contributed by atoms with van der Waals surface area (Å²) in [4.78, 5) is 11.9. The van der Waals surface area contributed by atoms with Crippen molar-refractivity contribution in [1.82, 2.24) is 0 Å². The van der Waals surface area contributed by atoms with Gasteiger partial charge in [-0.2, -0.15) is 0 Å². The predicted molar refractivity (Wildman–Crippen MR) is 80.7 cm³/mol. The van der Waals surface area contributed by atoms with Crippen LogP contribution in [0.3, 0.4) is 0 Å². The first kappa shape index (κ1) is 14.4. The highest BCUT2D eigenvalue weighted by atomic mass is 79.9. The van der Waals surface area contributed by atoms with Gasteiger partial charge < -0.3 is 15.2 Å². The monoisotopic (exact) mass is 335 g/mol. The molecule has 104 valence electrons. The van der Waals surface area contributed by atoms with E-state index in [2.05, 4.69) is 15.9 Å². The number of anilines is 1. The van der Waals surface area contributed by atoms with Crippen molar-refractivity contribution in [2.24, 2.45) is 0 Å². The van der Waals surface area contributed by atoms with Crippen molar-refractivity contribution in [3.05, 3.63) is 58.1 Å². The highest BCUT2D eigenvalue weighted by molar-refractivity contribution is 9.10. The van der Waals surface area contributed by atoms with Gasteiger partial charge in [-0.15, -0.1) is 0 Å². The van der Waals surface area contributed by atoms with E-state index >= 15 is 0 Å². The molecule has 5 heteroatoms. The van der Waals surface area contributed by atoms with E-state index in [1.165, 1.54) is 7.11 Å². The quantitative estimate of drug-likeness (QED) is 0.687. The van der Waals surface area contributed by atoms with Crippen LogP contribution in [0, 0.1) is 0 Å². The third kappa shape index (κ3) is 3.51. The Labute approximate surface area is 125 Å². The average molecular weight is 336 g/mol. The number of rotatable bonds is 4. The van der Waals surface area contributed by atoms with Gasteiger partial charge in [0, 0.05) is 4.47 Å². The van der Waals surface area contributed by atoms with Gasteiger partial charge in [0.15, 0.2) is 0 Å². The molecule has 0 bridgehead atoms. The summed E-state index contributed by atoms with van der Waals surface area (Å²) in [6, 6.07) is 12.4. The molecule has 2 N–H and O–H groups in total. The Balaban J connectivity index is 2.01. The highest BCUT2D eigenvalue weighted by Gasteiger charge is 2.10. The van der Waals surface area contributed by atoms with E-state index in [0.717, 1.165) is 10.0 Å². The molecule has 0 fully saturated rings. The van der Waals surface area contributed by atoms with Crippen LogP contribution in [-0.2, 0) is 11.3 Å². The topological polar surface area (TPSA) is 61.5 Å².